The highest BCUT2D eigenvalue weighted by molar-refractivity contribution is 5.28. The molecule has 2 nitrogen and oxygen atoms in total. The third kappa shape index (κ3) is 3.64. The van der Waals surface area contributed by atoms with E-state index in [0.717, 1.165) is 29.8 Å². The monoisotopic (exact) mass is 272 g/mol. The Kier molecular flexibility index (Phi) is 4.85. The number of likely N-dealkylation sites (N-methyl/N-ethyl adjacent to an activating group) is 1. The molecule has 1 atom stereocenters. The third-order valence-electron chi connectivity index (χ3n) is 3.36. The van der Waals surface area contributed by atoms with E-state index in [2.05, 4.69) is 30.2 Å². The highest BCUT2D eigenvalue weighted by atomic mass is 19.1. The van der Waals surface area contributed by atoms with Gasteiger partial charge in [0.05, 0.1) is 11.7 Å². The Bertz CT molecular complexity index is 581. The molecule has 3 heteroatoms. The molecule has 1 aromatic heterocycles. The average molecular weight is 272 g/mol. The Morgan fingerprint density at radius 2 is 2.05 bits per heavy atom. The largest absolute Gasteiger partial charge is 0.309 e. The van der Waals surface area contributed by atoms with Gasteiger partial charge >= 0.3 is 0 Å². The fourth-order valence-electron chi connectivity index (χ4n) is 2.50. The van der Waals surface area contributed by atoms with Crippen LogP contribution in [0.4, 0.5) is 4.39 Å². The van der Waals surface area contributed by atoms with Crippen molar-refractivity contribution in [2.45, 2.75) is 33.2 Å². The van der Waals surface area contributed by atoms with Crippen molar-refractivity contribution in [1.82, 2.24) is 10.3 Å². The van der Waals surface area contributed by atoms with E-state index in [4.69, 9.17) is 0 Å². The summed E-state index contributed by atoms with van der Waals surface area (Å²) in [6.45, 7) is 7.04. The summed E-state index contributed by atoms with van der Waals surface area (Å²) < 4.78 is 13.3. The number of halogens is 1. The molecule has 2 rings (SSSR count). The van der Waals surface area contributed by atoms with Gasteiger partial charge in [-0.3, -0.25) is 4.98 Å². The maximum absolute atomic E-state index is 13.3. The molecule has 1 N–H and O–H groups in total. The molecule has 0 radical (unpaired) electrons. The number of hydrogen-bond acceptors (Lipinski definition) is 2. The molecule has 1 aromatic carbocycles. The van der Waals surface area contributed by atoms with E-state index in [9.17, 15) is 4.39 Å². The molecule has 0 amide bonds. The zero-order valence-electron chi connectivity index (χ0n) is 12.3. The van der Waals surface area contributed by atoms with E-state index in [1.165, 1.54) is 11.6 Å². The first kappa shape index (κ1) is 14.7. The number of hydrogen-bond donors (Lipinski definition) is 1. The van der Waals surface area contributed by atoms with Crippen LogP contribution in [0.1, 0.15) is 35.3 Å². The number of rotatable bonds is 5. The Hall–Kier alpha value is -1.74. The highest BCUT2D eigenvalue weighted by Gasteiger charge is 2.15. The summed E-state index contributed by atoms with van der Waals surface area (Å²) in [6.07, 6.45) is 2.63. The van der Waals surface area contributed by atoms with Gasteiger partial charge in [-0.25, -0.2) is 4.39 Å². The lowest BCUT2D eigenvalue weighted by Gasteiger charge is -2.19. The van der Waals surface area contributed by atoms with Gasteiger partial charge in [-0.05, 0) is 55.6 Å². The molecule has 0 spiro atoms. The van der Waals surface area contributed by atoms with Crippen LogP contribution in [0.3, 0.4) is 0 Å². The summed E-state index contributed by atoms with van der Waals surface area (Å²) in [5.41, 5.74) is 4.36. The summed E-state index contributed by atoms with van der Waals surface area (Å²) >= 11 is 0. The molecule has 0 aliphatic carbocycles. The van der Waals surface area contributed by atoms with Gasteiger partial charge in [0.1, 0.15) is 5.82 Å². The predicted octanol–water partition coefficient (Wildman–Crippen LogP) is 3.73. The summed E-state index contributed by atoms with van der Waals surface area (Å²) in [5, 5.41) is 3.44. The number of aromatic nitrogens is 1. The fourth-order valence-corrected chi connectivity index (χ4v) is 2.50. The van der Waals surface area contributed by atoms with Crippen molar-refractivity contribution < 1.29 is 4.39 Å². The van der Waals surface area contributed by atoms with Gasteiger partial charge in [0.2, 0.25) is 0 Å². The Balaban J connectivity index is 2.26. The van der Waals surface area contributed by atoms with E-state index in [0.29, 0.717) is 0 Å². The molecule has 1 unspecified atom stereocenters. The van der Waals surface area contributed by atoms with Crippen molar-refractivity contribution in [3.63, 3.8) is 0 Å². The van der Waals surface area contributed by atoms with Crippen molar-refractivity contribution in [1.29, 1.82) is 0 Å². The predicted molar refractivity (Wildman–Crippen MR) is 80.2 cm³/mol. The van der Waals surface area contributed by atoms with Gasteiger partial charge in [-0.1, -0.05) is 25.1 Å². The summed E-state index contributed by atoms with van der Waals surface area (Å²) in [4.78, 5) is 4.56. The van der Waals surface area contributed by atoms with Gasteiger partial charge in [0.15, 0.2) is 0 Å². The maximum Gasteiger partial charge on any atom is 0.123 e. The number of nitrogens with zero attached hydrogens (tertiary/aromatic N) is 1. The van der Waals surface area contributed by atoms with Gasteiger partial charge in [0, 0.05) is 6.20 Å². The molecule has 0 bridgehead atoms. The van der Waals surface area contributed by atoms with Crippen molar-refractivity contribution >= 4 is 0 Å². The molecule has 20 heavy (non-hydrogen) atoms. The van der Waals surface area contributed by atoms with Gasteiger partial charge in [0.25, 0.3) is 0 Å². The first-order valence-corrected chi connectivity index (χ1v) is 7.01. The minimum atomic E-state index is -0.189. The van der Waals surface area contributed by atoms with Gasteiger partial charge in [-0.2, -0.15) is 0 Å². The smallest absolute Gasteiger partial charge is 0.123 e. The van der Waals surface area contributed by atoms with Crippen molar-refractivity contribution in [2.24, 2.45) is 0 Å². The van der Waals surface area contributed by atoms with Gasteiger partial charge < -0.3 is 5.32 Å². The molecule has 0 aliphatic rings. The van der Waals surface area contributed by atoms with Crippen LogP contribution in [0.25, 0.3) is 0 Å². The normalized spacial score (nSPS) is 12.4. The molecular formula is C17H21FN2. The van der Waals surface area contributed by atoms with Crippen LogP contribution in [-0.4, -0.2) is 11.5 Å². The second-order valence-electron chi connectivity index (χ2n) is 5.16. The second kappa shape index (κ2) is 6.62. The van der Waals surface area contributed by atoms with Crippen LogP contribution in [0.15, 0.2) is 36.5 Å². The molecule has 1 heterocycles. The van der Waals surface area contributed by atoms with Crippen LogP contribution in [0.2, 0.25) is 0 Å². The SMILES string of the molecule is CCNC(Cc1cccc(F)c1)c1ncc(C)cc1C. The standard InChI is InChI=1S/C17H21FN2/c1-4-19-16(10-14-6-5-7-15(18)9-14)17-13(3)8-12(2)11-20-17/h5-9,11,16,19H,4,10H2,1-3H3. The summed E-state index contributed by atoms with van der Waals surface area (Å²) in [5.74, 6) is -0.189. The van der Waals surface area contributed by atoms with Crippen molar-refractivity contribution in [3.05, 3.63) is 64.7 Å². The number of benzene rings is 1. The Morgan fingerprint density at radius 1 is 1.25 bits per heavy atom. The first-order chi connectivity index (χ1) is 9.60. The Morgan fingerprint density at radius 3 is 2.70 bits per heavy atom. The van der Waals surface area contributed by atoms with E-state index in [-0.39, 0.29) is 11.9 Å². The maximum atomic E-state index is 13.3. The molecule has 106 valence electrons. The lowest BCUT2D eigenvalue weighted by molar-refractivity contribution is 0.531. The quantitative estimate of drug-likeness (QED) is 0.897. The zero-order chi connectivity index (χ0) is 14.5. The lowest BCUT2D eigenvalue weighted by atomic mass is 9.99. The average Bonchev–Trinajstić information content (AvgIpc) is 2.38. The van der Waals surface area contributed by atoms with Crippen LogP contribution >= 0.6 is 0 Å². The van der Waals surface area contributed by atoms with Crippen LogP contribution in [0.5, 0.6) is 0 Å². The zero-order valence-corrected chi connectivity index (χ0v) is 12.3. The number of pyridine rings is 1. The number of nitrogens with one attached hydrogen (secondary N) is 1. The van der Waals surface area contributed by atoms with E-state index >= 15 is 0 Å². The van der Waals surface area contributed by atoms with Crippen molar-refractivity contribution in [3.8, 4) is 0 Å². The van der Waals surface area contributed by atoms with Crippen LogP contribution < -0.4 is 5.32 Å². The summed E-state index contributed by atoms with van der Waals surface area (Å²) in [7, 11) is 0. The minimum Gasteiger partial charge on any atom is -0.309 e. The molecule has 2 aromatic rings. The van der Waals surface area contributed by atoms with E-state index in [1.54, 1.807) is 12.1 Å². The van der Waals surface area contributed by atoms with Crippen molar-refractivity contribution in [2.75, 3.05) is 6.54 Å². The minimum absolute atomic E-state index is 0.113. The van der Waals surface area contributed by atoms with Gasteiger partial charge in [-0.15, -0.1) is 0 Å². The molecule has 0 saturated carbocycles. The van der Waals surface area contributed by atoms with E-state index < -0.39 is 0 Å². The molecular weight excluding hydrogens is 251 g/mol. The molecule has 0 fully saturated rings. The third-order valence-corrected chi connectivity index (χ3v) is 3.36. The fraction of sp³-hybridized carbons (Fsp3) is 0.353. The first-order valence-electron chi connectivity index (χ1n) is 7.01. The second-order valence-corrected chi connectivity index (χ2v) is 5.16. The number of aryl methyl sites for hydroxylation is 2. The topological polar surface area (TPSA) is 24.9 Å². The van der Waals surface area contributed by atoms with E-state index in [1.807, 2.05) is 19.2 Å². The molecule has 0 aliphatic heterocycles. The molecule has 0 saturated heterocycles. The summed E-state index contributed by atoms with van der Waals surface area (Å²) in [6, 6.07) is 9.02. The highest BCUT2D eigenvalue weighted by Crippen LogP contribution is 2.21. The lowest BCUT2D eigenvalue weighted by Crippen LogP contribution is -2.24. The Labute approximate surface area is 120 Å². The van der Waals surface area contributed by atoms with Crippen LogP contribution in [-0.2, 0) is 6.42 Å². The van der Waals surface area contributed by atoms with Crippen LogP contribution in [0, 0.1) is 19.7 Å².